The van der Waals surface area contributed by atoms with Crippen LogP contribution in [0.15, 0.2) is 24.3 Å². The number of alkyl halides is 2. The van der Waals surface area contributed by atoms with E-state index in [1.54, 1.807) is 12.1 Å². The molecule has 0 radical (unpaired) electrons. The molecule has 0 saturated carbocycles. The maximum atomic E-state index is 12.3. The molecule has 2 aromatic rings. The van der Waals surface area contributed by atoms with Crippen molar-refractivity contribution >= 4 is 34.8 Å². The number of aromatic nitrogens is 1. The summed E-state index contributed by atoms with van der Waals surface area (Å²) in [5.74, 6) is 0.119. The Labute approximate surface area is 160 Å². The first kappa shape index (κ1) is 20.5. The van der Waals surface area contributed by atoms with Gasteiger partial charge in [0.15, 0.2) is 5.13 Å². The van der Waals surface area contributed by atoms with E-state index in [-0.39, 0.29) is 30.0 Å². The van der Waals surface area contributed by atoms with Gasteiger partial charge in [0, 0.05) is 16.4 Å². The second-order valence-corrected chi connectivity index (χ2v) is 7.04. The summed E-state index contributed by atoms with van der Waals surface area (Å²) in [4.78, 5) is 17.7. The Morgan fingerprint density at radius 1 is 1.31 bits per heavy atom. The molecule has 1 fully saturated rings. The van der Waals surface area contributed by atoms with E-state index in [1.807, 2.05) is 6.92 Å². The minimum Gasteiger partial charge on any atom is -0.435 e. The molecule has 5 nitrogen and oxygen atoms in total. The molecule has 0 aliphatic carbocycles. The number of hydrogen-bond acceptors (Lipinski definition) is 5. The molecule has 0 unspecified atom stereocenters. The normalized spacial score (nSPS) is 14.8. The lowest BCUT2D eigenvalue weighted by atomic mass is 9.97. The van der Waals surface area contributed by atoms with E-state index in [0.29, 0.717) is 5.13 Å². The first-order chi connectivity index (χ1) is 12.0. The predicted octanol–water partition coefficient (Wildman–Crippen LogP) is 4.08. The van der Waals surface area contributed by atoms with Crippen LogP contribution in [0.4, 0.5) is 13.9 Å². The number of aryl methyl sites for hydroxylation is 1. The monoisotopic (exact) mass is 403 g/mol. The van der Waals surface area contributed by atoms with Crippen LogP contribution < -0.4 is 15.4 Å². The van der Waals surface area contributed by atoms with E-state index in [4.69, 9.17) is 0 Å². The Morgan fingerprint density at radius 3 is 2.58 bits per heavy atom. The van der Waals surface area contributed by atoms with Crippen molar-refractivity contribution in [3.05, 3.63) is 29.1 Å². The lowest BCUT2D eigenvalue weighted by Gasteiger charge is -2.21. The maximum Gasteiger partial charge on any atom is 0.387 e. The molecule has 0 atom stereocenters. The Hall–Kier alpha value is -1.77. The Morgan fingerprint density at radius 2 is 1.96 bits per heavy atom. The highest BCUT2D eigenvalue weighted by molar-refractivity contribution is 7.16. The third kappa shape index (κ3) is 5.12. The molecule has 1 aliphatic heterocycles. The molecule has 26 heavy (non-hydrogen) atoms. The van der Waals surface area contributed by atoms with Gasteiger partial charge in [-0.2, -0.15) is 8.78 Å². The molecule has 2 N–H and O–H groups in total. The van der Waals surface area contributed by atoms with Crippen LogP contribution in [-0.4, -0.2) is 30.6 Å². The number of nitrogens with zero attached hydrogens (tertiary/aromatic N) is 1. The van der Waals surface area contributed by atoms with Crippen LogP contribution in [0.2, 0.25) is 0 Å². The Bertz CT molecular complexity index is 734. The van der Waals surface area contributed by atoms with Crippen LogP contribution in [-0.2, 0) is 4.79 Å². The third-order valence-corrected chi connectivity index (χ3v) is 4.98. The molecule has 142 valence electrons. The summed E-state index contributed by atoms with van der Waals surface area (Å²) in [6, 6.07) is 6.32. The second kappa shape index (κ2) is 9.25. The highest BCUT2D eigenvalue weighted by Crippen LogP contribution is 2.32. The van der Waals surface area contributed by atoms with E-state index in [9.17, 15) is 13.6 Å². The molecule has 0 bridgehead atoms. The smallest absolute Gasteiger partial charge is 0.387 e. The largest absolute Gasteiger partial charge is 0.435 e. The van der Waals surface area contributed by atoms with Crippen LogP contribution in [0, 0.1) is 12.8 Å². The van der Waals surface area contributed by atoms with Gasteiger partial charge < -0.3 is 15.4 Å². The van der Waals surface area contributed by atoms with Gasteiger partial charge >= 0.3 is 6.61 Å². The fourth-order valence-corrected chi connectivity index (χ4v) is 3.64. The van der Waals surface area contributed by atoms with Crippen molar-refractivity contribution in [3.8, 4) is 17.0 Å². The van der Waals surface area contributed by atoms with Crippen molar-refractivity contribution < 1.29 is 18.3 Å². The topological polar surface area (TPSA) is 63.2 Å². The molecule has 1 aromatic heterocycles. The number of thiazole rings is 1. The van der Waals surface area contributed by atoms with Gasteiger partial charge in [0.25, 0.3) is 0 Å². The van der Waals surface area contributed by atoms with Gasteiger partial charge in [0.2, 0.25) is 5.91 Å². The lowest BCUT2D eigenvalue weighted by molar-refractivity contribution is -0.120. The van der Waals surface area contributed by atoms with Gasteiger partial charge in [-0.25, -0.2) is 4.98 Å². The molecule has 1 aliphatic rings. The fourth-order valence-electron chi connectivity index (χ4n) is 2.80. The van der Waals surface area contributed by atoms with Crippen LogP contribution >= 0.6 is 23.7 Å². The number of carbonyl (C=O) groups excluding carboxylic acids is 1. The molecular weight excluding hydrogens is 384 g/mol. The number of piperidine rings is 1. The molecule has 3 rings (SSSR count). The minimum absolute atomic E-state index is 0. The number of halogens is 3. The zero-order chi connectivity index (χ0) is 17.8. The van der Waals surface area contributed by atoms with Gasteiger partial charge in [0.1, 0.15) is 5.75 Å². The minimum atomic E-state index is -2.84. The summed E-state index contributed by atoms with van der Waals surface area (Å²) in [6.45, 7) is 0.778. The lowest BCUT2D eigenvalue weighted by Crippen LogP contribution is -2.34. The van der Waals surface area contributed by atoms with Crippen LogP contribution in [0.3, 0.4) is 0 Å². The number of ether oxygens (including phenoxy) is 1. The average Bonchev–Trinajstić information content (AvgIpc) is 2.96. The summed E-state index contributed by atoms with van der Waals surface area (Å²) in [7, 11) is 0. The molecular formula is C17H20ClF2N3O2S. The van der Waals surface area contributed by atoms with E-state index in [0.717, 1.165) is 42.1 Å². The number of benzene rings is 1. The number of amides is 1. The highest BCUT2D eigenvalue weighted by Gasteiger charge is 2.22. The molecule has 9 heteroatoms. The summed E-state index contributed by atoms with van der Waals surface area (Å²) in [6.07, 6.45) is 1.66. The zero-order valence-electron chi connectivity index (χ0n) is 14.1. The van der Waals surface area contributed by atoms with Gasteiger partial charge in [-0.3, -0.25) is 4.79 Å². The quantitative estimate of drug-likeness (QED) is 0.789. The average molecular weight is 404 g/mol. The molecule has 1 amide bonds. The standard InChI is InChI=1S/C17H19F2N3O2S.ClH/c1-10-14(11-2-4-13(5-3-11)24-16(18)19)21-17(25-10)22-15(23)12-6-8-20-9-7-12;/h2-5,12,16,20H,6-9H2,1H3,(H,21,22,23);1H. The number of anilines is 1. The molecule has 1 aromatic carbocycles. The van der Waals surface area contributed by atoms with Gasteiger partial charge in [-0.15, -0.1) is 23.7 Å². The van der Waals surface area contributed by atoms with E-state index in [2.05, 4.69) is 20.4 Å². The molecule has 1 saturated heterocycles. The van der Waals surface area contributed by atoms with Gasteiger partial charge in [-0.05, 0) is 57.1 Å². The summed E-state index contributed by atoms with van der Waals surface area (Å²) < 4.78 is 28.8. The van der Waals surface area contributed by atoms with Crippen molar-refractivity contribution in [3.63, 3.8) is 0 Å². The van der Waals surface area contributed by atoms with E-state index < -0.39 is 6.61 Å². The van der Waals surface area contributed by atoms with Crippen molar-refractivity contribution in [2.45, 2.75) is 26.4 Å². The van der Waals surface area contributed by atoms with Gasteiger partial charge in [0.05, 0.1) is 5.69 Å². The first-order valence-electron chi connectivity index (χ1n) is 8.07. The van der Waals surface area contributed by atoms with Crippen molar-refractivity contribution in [2.75, 3.05) is 18.4 Å². The summed E-state index contributed by atoms with van der Waals surface area (Å²) in [5.41, 5.74) is 1.52. The van der Waals surface area contributed by atoms with E-state index in [1.165, 1.54) is 23.5 Å². The van der Waals surface area contributed by atoms with Gasteiger partial charge in [-0.1, -0.05) is 0 Å². The number of rotatable bonds is 5. The fraction of sp³-hybridized carbons (Fsp3) is 0.412. The van der Waals surface area contributed by atoms with Crippen LogP contribution in [0.25, 0.3) is 11.3 Å². The highest BCUT2D eigenvalue weighted by atomic mass is 35.5. The van der Waals surface area contributed by atoms with E-state index >= 15 is 0 Å². The van der Waals surface area contributed by atoms with Crippen LogP contribution in [0.1, 0.15) is 17.7 Å². The molecule has 2 heterocycles. The van der Waals surface area contributed by atoms with Crippen molar-refractivity contribution in [1.29, 1.82) is 0 Å². The summed E-state index contributed by atoms with van der Waals surface area (Å²) in [5, 5.41) is 6.69. The summed E-state index contributed by atoms with van der Waals surface area (Å²) >= 11 is 1.41. The Balaban J connectivity index is 0.00000243. The van der Waals surface area contributed by atoms with Crippen LogP contribution in [0.5, 0.6) is 5.75 Å². The number of carbonyl (C=O) groups is 1. The molecule has 0 spiro atoms. The maximum absolute atomic E-state index is 12.3. The first-order valence-corrected chi connectivity index (χ1v) is 8.89. The van der Waals surface area contributed by atoms with Crippen molar-refractivity contribution in [1.82, 2.24) is 10.3 Å². The second-order valence-electron chi connectivity index (χ2n) is 5.84. The van der Waals surface area contributed by atoms with Crippen molar-refractivity contribution in [2.24, 2.45) is 5.92 Å². The SMILES string of the molecule is Cc1sc(NC(=O)C2CCNCC2)nc1-c1ccc(OC(F)F)cc1.Cl. The third-order valence-electron chi connectivity index (χ3n) is 4.09. The number of nitrogens with one attached hydrogen (secondary N) is 2. The number of hydrogen-bond donors (Lipinski definition) is 2. The zero-order valence-corrected chi connectivity index (χ0v) is 15.8. The Kier molecular flexibility index (Phi) is 7.31. The predicted molar refractivity (Wildman–Crippen MR) is 100 cm³/mol.